The lowest BCUT2D eigenvalue weighted by Crippen LogP contribution is -2.20. The zero-order valence-electron chi connectivity index (χ0n) is 13.7. The third-order valence-electron chi connectivity index (χ3n) is 3.81. The van der Waals surface area contributed by atoms with Crippen LogP contribution in [0.3, 0.4) is 0 Å². The topological polar surface area (TPSA) is 24.1 Å². The number of para-hydroxylation sites is 1. The molecule has 0 spiro atoms. The third-order valence-corrected chi connectivity index (χ3v) is 4.02. The molecule has 0 saturated heterocycles. The molecule has 0 radical (unpaired) electrons. The molecule has 22 heavy (non-hydrogen) atoms. The predicted octanol–water partition coefficient (Wildman–Crippen LogP) is 5.49. The molecule has 0 aliphatic heterocycles. The highest BCUT2D eigenvalue weighted by Gasteiger charge is 2.06. The van der Waals surface area contributed by atoms with E-state index in [-0.39, 0.29) is 0 Å². The van der Waals surface area contributed by atoms with Gasteiger partial charge in [-0.15, -0.1) is 0 Å². The van der Waals surface area contributed by atoms with Crippen molar-refractivity contribution in [2.45, 2.75) is 40.0 Å². The summed E-state index contributed by atoms with van der Waals surface area (Å²) in [6.07, 6.45) is 0.982. The van der Waals surface area contributed by atoms with E-state index in [1.807, 2.05) is 0 Å². The summed E-state index contributed by atoms with van der Waals surface area (Å²) >= 11 is 5.45. The molecule has 2 rings (SSSR count). The zero-order chi connectivity index (χ0) is 16.1. The van der Waals surface area contributed by atoms with Crippen LogP contribution in [0.1, 0.15) is 43.4 Å². The third kappa shape index (κ3) is 4.08. The fraction of sp³-hybridized carbons (Fsp3) is 0.316. The Morgan fingerprint density at radius 1 is 1.05 bits per heavy atom. The average molecular weight is 312 g/mol. The number of hydrogen-bond donors (Lipinski definition) is 2. The van der Waals surface area contributed by atoms with E-state index in [0.29, 0.717) is 11.0 Å². The van der Waals surface area contributed by atoms with Crippen LogP contribution in [0.25, 0.3) is 0 Å². The highest BCUT2D eigenvalue weighted by molar-refractivity contribution is 7.80. The van der Waals surface area contributed by atoms with Crippen LogP contribution in [0.15, 0.2) is 42.5 Å². The van der Waals surface area contributed by atoms with Gasteiger partial charge in [-0.2, -0.15) is 0 Å². The molecule has 0 atom stereocenters. The van der Waals surface area contributed by atoms with E-state index in [9.17, 15) is 0 Å². The maximum atomic E-state index is 5.45. The number of thiocarbonyl (C=S) groups is 1. The monoisotopic (exact) mass is 312 g/mol. The summed E-state index contributed by atoms with van der Waals surface area (Å²) in [5, 5.41) is 7.22. The van der Waals surface area contributed by atoms with Gasteiger partial charge in [-0.05, 0) is 60.3 Å². The van der Waals surface area contributed by atoms with Crippen molar-refractivity contribution in [3.8, 4) is 0 Å². The first-order valence-electron chi connectivity index (χ1n) is 7.77. The van der Waals surface area contributed by atoms with Crippen molar-refractivity contribution < 1.29 is 0 Å². The summed E-state index contributed by atoms with van der Waals surface area (Å²) in [5.74, 6) is 0.540. The Labute approximate surface area is 139 Å². The van der Waals surface area contributed by atoms with Gasteiger partial charge in [0, 0.05) is 11.4 Å². The van der Waals surface area contributed by atoms with Gasteiger partial charge in [0.1, 0.15) is 0 Å². The summed E-state index contributed by atoms with van der Waals surface area (Å²) in [5.41, 5.74) is 5.93. The molecular weight excluding hydrogens is 288 g/mol. The number of anilines is 2. The zero-order valence-corrected chi connectivity index (χ0v) is 14.6. The van der Waals surface area contributed by atoms with Gasteiger partial charge in [-0.1, -0.05) is 51.1 Å². The van der Waals surface area contributed by atoms with Gasteiger partial charge in [-0.3, -0.25) is 0 Å². The molecule has 0 aromatic heterocycles. The van der Waals surface area contributed by atoms with Crippen LogP contribution in [-0.4, -0.2) is 5.11 Å². The van der Waals surface area contributed by atoms with Gasteiger partial charge in [0.25, 0.3) is 0 Å². The van der Waals surface area contributed by atoms with Gasteiger partial charge in [-0.25, -0.2) is 0 Å². The lowest BCUT2D eigenvalue weighted by atomic mass is 10.0. The molecule has 2 aromatic carbocycles. The van der Waals surface area contributed by atoms with Crippen molar-refractivity contribution in [3.05, 3.63) is 59.2 Å². The van der Waals surface area contributed by atoms with Crippen LogP contribution in [0.2, 0.25) is 0 Å². The van der Waals surface area contributed by atoms with E-state index < -0.39 is 0 Å². The fourth-order valence-corrected chi connectivity index (χ4v) is 2.65. The lowest BCUT2D eigenvalue weighted by molar-refractivity contribution is 0.867. The molecule has 0 amide bonds. The Balaban J connectivity index is 2.07. The molecule has 0 unspecified atom stereocenters. The highest BCUT2D eigenvalue weighted by Crippen LogP contribution is 2.22. The molecular formula is C19H24N2S. The first kappa shape index (κ1) is 16.5. The van der Waals surface area contributed by atoms with E-state index in [4.69, 9.17) is 12.2 Å². The van der Waals surface area contributed by atoms with E-state index in [0.717, 1.165) is 17.8 Å². The Morgan fingerprint density at radius 3 is 2.32 bits per heavy atom. The van der Waals surface area contributed by atoms with Crippen LogP contribution in [0, 0.1) is 6.92 Å². The van der Waals surface area contributed by atoms with Crippen molar-refractivity contribution >= 4 is 28.7 Å². The number of hydrogen-bond acceptors (Lipinski definition) is 1. The Bertz CT molecular complexity index is 645. The Morgan fingerprint density at radius 2 is 1.73 bits per heavy atom. The predicted molar refractivity (Wildman–Crippen MR) is 101 cm³/mol. The fourth-order valence-electron chi connectivity index (χ4n) is 2.43. The van der Waals surface area contributed by atoms with Crippen LogP contribution >= 0.6 is 12.2 Å². The van der Waals surface area contributed by atoms with Gasteiger partial charge < -0.3 is 10.6 Å². The summed E-state index contributed by atoms with van der Waals surface area (Å²) in [6, 6.07) is 14.7. The van der Waals surface area contributed by atoms with E-state index in [1.165, 1.54) is 16.7 Å². The molecule has 0 saturated carbocycles. The van der Waals surface area contributed by atoms with Crippen LogP contribution in [-0.2, 0) is 6.42 Å². The number of aryl methyl sites for hydroxylation is 2. The lowest BCUT2D eigenvalue weighted by Gasteiger charge is -2.16. The second-order valence-electron chi connectivity index (χ2n) is 5.82. The first-order valence-corrected chi connectivity index (χ1v) is 8.18. The maximum Gasteiger partial charge on any atom is 0.175 e. The SMILES string of the molecule is CCc1cccc(C)c1NC(=S)Nc1ccc(C(C)C)cc1. The molecule has 2 N–H and O–H groups in total. The van der Waals surface area contributed by atoms with E-state index in [2.05, 4.69) is 80.8 Å². The second-order valence-corrected chi connectivity index (χ2v) is 6.23. The maximum absolute atomic E-state index is 5.45. The van der Waals surface area contributed by atoms with Crippen molar-refractivity contribution in [1.82, 2.24) is 0 Å². The minimum atomic E-state index is 0.540. The minimum Gasteiger partial charge on any atom is -0.332 e. The molecule has 0 aliphatic carbocycles. The van der Waals surface area contributed by atoms with E-state index in [1.54, 1.807) is 0 Å². The van der Waals surface area contributed by atoms with Gasteiger partial charge >= 0.3 is 0 Å². The summed E-state index contributed by atoms with van der Waals surface area (Å²) < 4.78 is 0. The van der Waals surface area contributed by atoms with Crippen LogP contribution < -0.4 is 10.6 Å². The summed E-state index contributed by atoms with van der Waals surface area (Å²) in [6.45, 7) is 8.64. The molecule has 0 aliphatic rings. The van der Waals surface area contributed by atoms with Crippen molar-refractivity contribution in [3.63, 3.8) is 0 Å². The van der Waals surface area contributed by atoms with Crippen molar-refractivity contribution in [1.29, 1.82) is 0 Å². The summed E-state index contributed by atoms with van der Waals surface area (Å²) in [4.78, 5) is 0. The Hall–Kier alpha value is -1.87. The smallest absolute Gasteiger partial charge is 0.175 e. The van der Waals surface area contributed by atoms with Gasteiger partial charge in [0.05, 0.1) is 0 Å². The Kier molecular flexibility index (Phi) is 5.56. The molecule has 2 aromatic rings. The molecule has 0 heterocycles. The average Bonchev–Trinajstić information content (AvgIpc) is 2.49. The number of rotatable bonds is 4. The number of nitrogens with one attached hydrogen (secondary N) is 2. The second kappa shape index (κ2) is 7.41. The molecule has 3 heteroatoms. The standard InChI is InChI=1S/C19H24N2S/c1-5-15-8-6-7-14(4)18(15)21-19(22)20-17-11-9-16(10-12-17)13(2)3/h6-13H,5H2,1-4H3,(H2,20,21,22). The van der Waals surface area contributed by atoms with Gasteiger partial charge in [0.15, 0.2) is 5.11 Å². The number of benzene rings is 2. The molecule has 116 valence electrons. The van der Waals surface area contributed by atoms with Gasteiger partial charge in [0.2, 0.25) is 0 Å². The van der Waals surface area contributed by atoms with E-state index >= 15 is 0 Å². The highest BCUT2D eigenvalue weighted by atomic mass is 32.1. The van der Waals surface area contributed by atoms with Crippen molar-refractivity contribution in [2.24, 2.45) is 0 Å². The molecule has 0 bridgehead atoms. The van der Waals surface area contributed by atoms with Crippen LogP contribution in [0.4, 0.5) is 11.4 Å². The normalized spacial score (nSPS) is 10.6. The molecule has 2 nitrogen and oxygen atoms in total. The molecule has 0 fully saturated rings. The quantitative estimate of drug-likeness (QED) is 0.730. The first-order chi connectivity index (χ1) is 10.5. The minimum absolute atomic E-state index is 0.540. The largest absolute Gasteiger partial charge is 0.332 e. The van der Waals surface area contributed by atoms with Crippen molar-refractivity contribution in [2.75, 3.05) is 10.6 Å². The summed E-state index contributed by atoms with van der Waals surface area (Å²) in [7, 11) is 0. The van der Waals surface area contributed by atoms with Crippen LogP contribution in [0.5, 0.6) is 0 Å².